The number of nitrogens with zero attached hydrogens (tertiary/aromatic N) is 3. The van der Waals surface area contributed by atoms with Crippen LogP contribution in [0.15, 0.2) is 71.8 Å². The number of ether oxygens (including phenoxy) is 2. The molecular weight excluding hydrogens is 428 g/mol. The van der Waals surface area contributed by atoms with Crippen LogP contribution in [0.1, 0.15) is 5.56 Å². The molecule has 0 radical (unpaired) electrons. The van der Waals surface area contributed by atoms with Crippen LogP contribution in [0, 0.1) is 0 Å². The normalized spacial score (nSPS) is 14.3. The molecular formula is C23H20N4O4S. The maximum Gasteiger partial charge on any atom is 0.290 e. The number of anilines is 1. The number of imide groups is 1. The average molecular weight is 449 g/mol. The number of para-hydroxylation sites is 1. The molecule has 0 atom stereocenters. The molecule has 1 saturated heterocycles. The molecule has 162 valence electrons. The summed E-state index contributed by atoms with van der Waals surface area (Å²) in [4.78, 5) is 33.8. The van der Waals surface area contributed by atoms with Crippen molar-refractivity contribution < 1.29 is 19.1 Å². The first-order valence-electron chi connectivity index (χ1n) is 9.82. The largest absolute Gasteiger partial charge is 0.492 e. The molecule has 0 saturated carbocycles. The molecule has 0 bridgehead atoms. The van der Waals surface area contributed by atoms with Crippen LogP contribution in [0.5, 0.6) is 17.4 Å². The highest BCUT2D eigenvalue weighted by molar-refractivity contribution is 8.18. The number of hydrogen-bond donors (Lipinski definition) is 1. The van der Waals surface area contributed by atoms with Crippen molar-refractivity contribution >= 4 is 34.9 Å². The van der Waals surface area contributed by atoms with Gasteiger partial charge in [0, 0.05) is 19.3 Å². The van der Waals surface area contributed by atoms with E-state index in [4.69, 9.17) is 9.47 Å². The standard InChI is InChI=1S/C23H20N4O4S/c1-27(22-24-12-11-20(25-22)31-18-5-3-2-4-6-18)13-14-30-17-9-7-16(8-10-17)15-19-21(28)26-23(29)32-19/h2-12,15H,13-14H2,1H3,(H,26,28,29)/b19-15-. The van der Waals surface area contributed by atoms with Gasteiger partial charge in [-0.05, 0) is 47.7 Å². The maximum absolute atomic E-state index is 11.6. The fourth-order valence-corrected chi connectivity index (χ4v) is 3.50. The Labute approximate surface area is 189 Å². The average Bonchev–Trinajstić information content (AvgIpc) is 3.12. The lowest BCUT2D eigenvalue weighted by atomic mass is 10.2. The first-order valence-corrected chi connectivity index (χ1v) is 10.6. The van der Waals surface area contributed by atoms with Crippen LogP contribution in [0.3, 0.4) is 0 Å². The predicted octanol–water partition coefficient (Wildman–Crippen LogP) is 4.11. The molecule has 2 amide bonds. The third kappa shape index (κ3) is 5.64. The highest BCUT2D eigenvalue weighted by atomic mass is 32.2. The van der Waals surface area contributed by atoms with Gasteiger partial charge in [-0.3, -0.25) is 14.9 Å². The SMILES string of the molecule is CN(CCOc1ccc(/C=C2\SC(=O)NC2=O)cc1)c1nccc(Oc2ccccc2)n1. The number of aromatic nitrogens is 2. The lowest BCUT2D eigenvalue weighted by molar-refractivity contribution is -0.115. The molecule has 4 rings (SSSR count). The molecule has 1 aromatic heterocycles. The van der Waals surface area contributed by atoms with E-state index in [9.17, 15) is 9.59 Å². The van der Waals surface area contributed by atoms with Crippen LogP contribution in [-0.2, 0) is 4.79 Å². The van der Waals surface area contributed by atoms with Crippen molar-refractivity contribution in [2.45, 2.75) is 0 Å². The molecule has 32 heavy (non-hydrogen) atoms. The number of carbonyl (C=O) groups is 2. The second kappa shape index (κ2) is 9.97. The Morgan fingerprint density at radius 1 is 1.03 bits per heavy atom. The minimum absolute atomic E-state index is 0.355. The predicted molar refractivity (Wildman–Crippen MR) is 123 cm³/mol. The number of rotatable bonds is 8. The molecule has 0 spiro atoms. The molecule has 0 aliphatic carbocycles. The molecule has 3 aromatic rings. The summed E-state index contributed by atoms with van der Waals surface area (Å²) >= 11 is 0.893. The van der Waals surface area contributed by atoms with Gasteiger partial charge >= 0.3 is 0 Å². The van der Waals surface area contributed by atoms with Crippen molar-refractivity contribution in [1.82, 2.24) is 15.3 Å². The van der Waals surface area contributed by atoms with Crippen molar-refractivity contribution in [3.05, 3.63) is 77.3 Å². The van der Waals surface area contributed by atoms with E-state index in [1.54, 1.807) is 18.3 Å². The third-order valence-corrected chi connectivity index (χ3v) is 5.25. The zero-order valence-electron chi connectivity index (χ0n) is 17.2. The van der Waals surface area contributed by atoms with Gasteiger partial charge in [-0.15, -0.1) is 0 Å². The van der Waals surface area contributed by atoms with Gasteiger partial charge in [-0.1, -0.05) is 30.3 Å². The first kappa shape index (κ1) is 21.4. The summed E-state index contributed by atoms with van der Waals surface area (Å²) in [6.07, 6.45) is 3.33. The van der Waals surface area contributed by atoms with Gasteiger partial charge in [0.1, 0.15) is 18.1 Å². The summed E-state index contributed by atoms with van der Waals surface area (Å²) in [6, 6.07) is 18.4. The van der Waals surface area contributed by atoms with Gasteiger partial charge in [0.05, 0.1) is 11.4 Å². The van der Waals surface area contributed by atoms with Gasteiger partial charge in [-0.2, -0.15) is 4.98 Å². The van der Waals surface area contributed by atoms with E-state index in [1.807, 2.05) is 66.5 Å². The minimum atomic E-state index is -0.371. The maximum atomic E-state index is 11.6. The van der Waals surface area contributed by atoms with Crippen LogP contribution in [-0.4, -0.2) is 41.3 Å². The fourth-order valence-electron chi connectivity index (χ4n) is 2.82. The Hall–Kier alpha value is -3.85. The van der Waals surface area contributed by atoms with E-state index in [1.165, 1.54) is 0 Å². The fraction of sp³-hybridized carbons (Fsp3) is 0.130. The number of benzene rings is 2. The van der Waals surface area contributed by atoms with Crippen molar-refractivity contribution in [3.8, 4) is 17.4 Å². The van der Waals surface area contributed by atoms with Gasteiger partial charge in [0.25, 0.3) is 11.1 Å². The van der Waals surface area contributed by atoms with Gasteiger partial charge in [0.2, 0.25) is 11.8 Å². The topological polar surface area (TPSA) is 93.7 Å². The van der Waals surface area contributed by atoms with Crippen LogP contribution in [0.2, 0.25) is 0 Å². The van der Waals surface area contributed by atoms with E-state index in [0.717, 1.165) is 17.3 Å². The van der Waals surface area contributed by atoms with Crippen LogP contribution in [0.4, 0.5) is 10.7 Å². The summed E-state index contributed by atoms with van der Waals surface area (Å²) in [6.45, 7) is 0.996. The van der Waals surface area contributed by atoms with Gasteiger partial charge in [0.15, 0.2) is 0 Å². The van der Waals surface area contributed by atoms with Crippen molar-refractivity contribution in [2.75, 3.05) is 25.1 Å². The third-order valence-electron chi connectivity index (χ3n) is 4.44. The van der Waals surface area contributed by atoms with E-state index >= 15 is 0 Å². The number of hydrogen-bond acceptors (Lipinski definition) is 8. The molecule has 1 aliphatic heterocycles. The van der Waals surface area contributed by atoms with Crippen LogP contribution >= 0.6 is 11.8 Å². The number of carbonyl (C=O) groups excluding carboxylic acids is 2. The molecule has 1 aliphatic rings. The van der Waals surface area contributed by atoms with Crippen LogP contribution in [0.25, 0.3) is 6.08 Å². The number of nitrogens with one attached hydrogen (secondary N) is 1. The quantitative estimate of drug-likeness (QED) is 0.515. The molecule has 9 heteroatoms. The monoisotopic (exact) mass is 448 g/mol. The van der Waals surface area contributed by atoms with E-state index in [2.05, 4.69) is 15.3 Å². The first-order chi connectivity index (χ1) is 15.6. The van der Waals surface area contributed by atoms with Crippen molar-refractivity contribution in [2.24, 2.45) is 0 Å². The Balaban J connectivity index is 1.29. The number of amides is 2. The zero-order valence-corrected chi connectivity index (χ0v) is 18.0. The second-order valence-electron chi connectivity index (χ2n) is 6.80. The van der Waals surface area contributed by atoms with E-state index in [0.29, 0.717) is 41.4 Å². The smallest absolute Gasteiger partial charge is 0.290 e. The molecule has 1 N–H and O–H groups in total. The summed E-state index contributed by atoms with van der Waals surface area (Å²) in [5.41, 5.74) is 0.811. The highest BCUT2D eigenvalue weighted by Gasteiger charge is 2.24. The Bertz CT molecular complexity index is 1140. The Morgan fingerprint density at radius 3 is 2.53 bits per heavy atom. The Morgan fingerprint density at radius 2 is 1.81 bits per heavy atom. The Kier molecular flexibility index (Phi) is 6.66. The summed E-state index contributed by atoms with van der Waals surface area (Å²) < 4.78 is 11.6. The molecule has 0 unspecified atom stereocenters. The second-order valence-corrected chi connectivity index (χ2v) is 7.82. The van der Waals surface area contributed by atoms with Crippen molar-refractivity contribution in [3.63, 3.8) is 0 Å². The lowest BCUT2D eigenvalue weighted by Gasteiger charge is -2.17. The van der Waals surface area contributed by atoms with Crippen molar-refractivity contribution in [1.29, 1.82) is 0 Å². The molecule has 8 nitrogen and oxygen atoms in total. The molecule has 2 aromatic carbocycles. The van der Waals surface area contributed by atoms with E-state index < -0.39 is 0 Å². The summed E-state index contributed by atoms with van der Waals surface area (Å²) in [7, 11) is 1.88. The lowest BCUT2D eigenvalue weighted by Crippen LogP contribution is -2.25. The summed E-state index contributed by atoms with van der Waals surface area (Å²) in [5, 5.41) is 1.88. The highest BCUT2D eigenvalue weighted by Crippen LogP contribution is 2.26. The number of thioether (sulfide) groups is 1. The van der Waals surface area contributed by atoms with Gasteiger partial charge in [-0.25, -0.2) is 4.98 Å². The minimum Gasteiger partial charge on any atom is -0.492 e. The zero-order chi connectivity index (χ0) is 22.3. The molecule has 2 heterocycles. The number of likely N-dealkylation sites (N-methyl/N-ethyl adjacent to an activating group) is 1. The van der Waals surface area contributed by atoms with Crippen LogP contribution < -0.4 is 19.7 Å². The summed E-state index contributed by atoms with van der Waals surface area (Å²) in [5.74, 6) is 2.03. The molecule has 1 fully saturated rings. The van der Waals surface area contributed by atoms with E-state index in [-0.39, 0.29) is 11.1 Å². The van der Waals surface area contributed by atoms with Gasteiger partial charge < -0.3 is 14.4 Å².